The van der Waals surface area contributed by atoms with Gasteiger partial charge in [-0.1, -0.05) is 6.07 Å². The van der Waals surface area contributed by atoms with Crippen molar-refractivity contribution >= 4 is 27.3 Å². The van der Waals surface area contributed by atoms with Crippen molar-refractivity contribution < 1.29 is 17.6 Å². The zero-order chi connectivity index (χ0) is 17.5. The average Bonchev–Trinajstić information content (AvgIpc) is 2.44. The van der Waals surface area contributed by atoms with Crippen molar-refractivity contribution in [2.45, 2.75) is 24.9 Å². The van der Waals surface area contributed by atoms with Crippen LogP contribution in [0.25, 0.3) is 0 Å². The summed E-state index contributed by atoms with van der Waals surface area (Å²) < 4.78 is 40.0. The summed E-state index contributed by atoms with van der Waals surface area (Å²) in [5.74, 6) is -1.18. The van der Waals surface area contributed by atoms with Crippen LogP contribution in [0.15, 0.2) is 41.3 Å². The van der Waals surface area contributed by atoms with E-state index in [1.807, 2.05) is 19.9 Å². The quantitative estimate of drug-likeness (QED) is 0.775. The Morgan fingerprint density at radius 2 is 1.79 bits per heavy atom. The zero-order valence-corrected chi connectivity index (χ0v) is 13.9. The maximum atomic E-state index is 13.4. The van der Waals surface area contributed by atoms with Gasteiger partial charge in [-0.25, -0.2) is 12.8 Å². The second-order valence-corrected chi connectivity index (χ2v) is 7.39. The Hall–Kier alpha value is -2.45. The number of carbonyl (C=O) groups is 1. The van der Waals surface area contributed by atoms with Gasteiger partial charge in [-0.15, -0.1) is 0 Å². The number of nitrogens with one attached hydrogen (secondary N) is 3. The molecule has 1 aliphatic heterocycles. The number of hydrogen-bond donors (Lipinski definition) is 3. The largest absolute Gasteiger partial charge is 0.360 e. The second-order valence-electron chi connectivity index (χ2n) is 5.70. The SMILES string of the molecule is Cc1cc(C)cc(NC(=O)[C@@H]2Nc3cc(F)ccc3S(=O)(=O)N2)c1. The molecule has 2 aromatic rings. The van der Waals surface area contributed by atoms with Crippen molar-refractivity contribution in [3.05, 3.63) is 53.3 Å². The predicted octanol–water partition coefficient (Wildman–Crippen LogP) is 2.11. The highest BCUT2D eigenvalue weighted by molar-refractivity contribution is 7.89. The van der Waals surface area contributed by atoms with E-state index in [1.54, 1.807) is 12.1 Å². The number of fused-ring (bicyclic) bond motifs is 1. The van der Waals surface area contributed by atoms with E-state index in [1.165, 1.54) is 0 Å². The van der Waals surface area contributed by atoms with Gasteiger partial charge in [0.25, 0.3) is 5.91 Å². The van der Waals surface area contributed by atoms with Gasteiger partial charge in [0.2, 0.25) is 10.0 Å². The Morgan fingerprint density at radius 3 is 2.46 bits per heavy atom. The maximum Gasteiger partial charge on any atom is 0.262 e. The van der Waals surface area contributed by atoms with E-state index >= 15 is 0 Å². The van der Waals surface area contributed by atoms with Gasteiger partial charge < -0.3 is 10.6 Å². The lowest BCUT2D eigenvalue weighted by Gasteiger charge is -2.27. The average molecular weight is 349 g/mol. The van der Waals surface area contributed by atoms with E-state index < -0.39 is 27.9 Å². The van der Waals surface area contributed by atoms with Crippen molar-refractivity contribution in [2.24, 2.45) is 0 Å². The van der Waals surface area contributed by atoms with E-state index in [-0.39, 0.29) is 10.6 Å². The summed E-state index contributed by atoms with van der Waals surface area (Å²) in [6.45, 7) is 3.78. The first kappa shape index (κ1) is 16.4. The van der Waals surface area contributed by atoms with Gasteiger partial charge in [-0.05, 0) is 55.3 Å². The van der Waals surface area contributed by atoms with E-state index in [2.05, 4.69) is 15.4 Å². The van der Waals surface area contributed by atoms with Crippen molar-refractivity contribution in [3.8, 4) is 0 Å². The standard InChI is InChI=1S/C16H16FN3O3S/c1-9-5-10(2)7-12(6-9)18-16(21)15-19-13-8-11(17)3-4-14(13)24(22,23)20-15/h3-8,15,19-20H,1-2H3,(H,18,21)/t15-/m1/s1. The summed E-state index contributed by atoms with van der Waals surface area (Å²) in [5, 5.41) is 5.35. The molecule has 126 valence electrons. The molecule has 0 bridgehead atoms. The number of hydrogen-bond acceptors (Lipinski definition) is 4. The first-order valence-corrected chi connectivity index (χ1v) is 8.70. The fraction of sp³-hybridized carbons (Fsp3) is 0.188. The molecule has 0 aromatic heterocycles. The van der Waals surface area contributed by atoms with Crippen molar-refractivity contribution in [3.63, 3.8) is 0 Å². The van der Waals surface area contributed by atoms with Crippen LogP contribution in [0.1, 0.15) is 11.1 Å². The minimum absolute atomic E-state index is 0.0503. The lowest BCUT2D eigenvalue weighted by atomic mass is 10.1. The van der Waals surface area contributed by atoms with E-state index in [4.69, 9.17) is 0 Å². The topological polar surface area (TPSA) is 87.3 Å². The van der Waals surface area contributed by atoms with E-state index in [0.29, 0.717) is 5.69 Å². The first-order valence-electron chi connectivity index (χ1n) is 7.22. The van der Waals surface area contributed by atoms with E-state index in [0.717, 1.165) is 29.3 Å². The summed E-state index contributed by atoms with van der Waals surface area (Å²) in [7, 11) is -3.90. The highest BCUT2D eigenvalue weighted by Gasteiger charge is 2.33. The highest BCUT2D eigenvalue weighted by Crippen LogP contribution is 2.27. The van der Waals surface area contributed by atoms with Crippen LogP contribution in [0, 0.1) is 19.7 Å². The molecule has 1 atom stereocenters. The van der Waals surface area contributed by atoms with Gasteiger partial charge >= 0.3 is 0 Å². The lowest BCUT2D eigenvalue weighted by molar-refractivity contribution is -0.117. The van der Waals surface area contributed by atoms with Crippen LogP contribution in [0.3, 0.4) is 0 Å². The molecule has 1 amide bonds. The number of sulfonamides is 1. The molecule has 0 saturated heterocycles. The Balaban J connectivity index is 1.86. The molecule has 2 aromatic carbocycles. The molecular formula is C16H16FN3O3S. The van der Waals surface area contributed by atoms with Gasteiger partial charge in [0.1, 0.15) is 10.7 Å². The first-order chi connectivity index (χ1) is 11.2. The summed E-state index contributed by atoms with van der Waals surface area (Å²) >= 11 is 0. The van der Waals surface area contributed by atoms with Crippen LogP contribution in [-0.4, -0.2) is 20.5 Å². The number of carbonyl (C=O) groups excluding carboxylic acids is 1. The minimum Gasteiger partial charge on any atom is -0.360 e. The third-order valence-electron chi connectivity index (χ3n) is 3.56. The Morgan fingerprint density at radius 1 is 1.12 bits per heavy atom. The fourth-order valence-electron chi connectivity index (χ4n) is 2.63. The smallest absolute Gasteiger partial charge is 0.262 e. The van der Waals surface area contributed by atoms with Crippen molar-refractivity contribution in [1.82, 2.24) is 4.72 Å². The molecular weight excluding hydrogens is 333 g/mol. The van der Waals surface area contributed by atoms with Crippen LogP contribution in [-0.2, 0) is 14.8 Å². The Bertz CT molecular complexity index is 908. The molecule has 0 fully saturated rings. The van der Waals surface area contributed by atoms with Gasteiger partial charge in [0.05, 0.1) is 5.69 Å². The monoisotopic (exact) mass is 349 g/mol. The van der Waals surface area contributed by atoms with Crippen LogP contribution in [0.2, 0.25) is 0 Å². The van der Waals surface area contributed by atoms with Gasteiger partial charge in [0.15, 0.2) is 6.17 Å². The third kappa shape index (κ3) is 3.24. The minimum atomic E-state index is -3.90. The molecule has 0 aliphatic carbocycles. The molecule has 0 radical (unpaired) electrons. The molecule has 3 rings (SSSR count). The Labute approximate surface area is 139 Å². The lowest BCUT2D eigenvalue weighted by Crippen LogP contribution is -2.51. The number of amides is 1. The molecule has 1 heterocycles. The second kappa shape index (κ2) is 5.88. The number of halogens is 1. The summed E-state index contributed by atoms with van der Waals surface area (Å²) in [4.78, 5) is 12.3. The van der Waals surface area contributed by atoms with Crippen LogP contribution < -0.4 is 15.4 Å². The van der Waals surface area contributed by atoms with Gasteiger partial charge in [-0.3, -0.25) is 4.79 Å². The molecule has 0 unspecified atom stereocenters. The Kier molecular flexibility index (Phi) is 4.02. The molecule has 1 aliphatic rings. The zero-order valence-electron chi connectivity index (χ0n) is 13.1. The number of anilines is 2. The summed E-state index contributed by atoms with van der Waals surface area (Å²) in [6, 6.07) is 8.75. The fourth-order valence-corrected chi connectivity index (χ4v) is 3.89. The number of aryl methyl sites for hydroxylation is 2. The summed E-state index contributed by atoms with van der Waals surface area (Å²) in [5.41, 5.74) is 2.54. The molecule has 3 N–H and O–H groups in total. The van der Waals surface area contributed by atoms with Crippen LogP contribution in [0.5, 0.6) is 0 Å². The van der Waals surface area contributed by atoms with E-state index in [9.17, 15) is 17.6 Å². The normalized spacial score (nSPS) is 18.4. The van der Waals surface area contributed by atoms with Crippen LogP contribution >= 0.6 is 0 Å². The number of rotatable bonds is 2. The summed E-state index contributed by atoms with van der Waals surface area (Å²) in [6.07, 6.45) is -1.23. The predicted molar refractivity (Wildman–Crippen MR) is 88.7 cm³/mol. The molecule has 0 spiro atoms. The van der Waals surface area contributed by atoms with Gasteiger partial charge in [0, 0.05) is 5.69 Å². The van der Waals surface area contributed by atoms with Crippen LogP contribution in [0.4, 0.5) is 15.8 Å². The maximum absolute atomic E-state index is 13.4. The molecule has 8 heteroatoms. The van der Waals surface area contributed by atoms with Crippen molar-refractivity contribution in [2.75, 3.05) is 10.6 Å². The molecule has 0 saturated carbocycles. The molecule has 24 heavy (non-hydrogen) atoms. The molecule has 6 nitrogen and oxygen atoms in total. The third-order valence-corrected chi connectivity index (χ3v) is 5.04. The number of benzene rings is 2. The van der Waals surface area contributed by atoms with Gasteiger partial charge in [-0.2, -0.15) is 4.72 Å². The highest BCUT2D eigenvalue weighted by atomic mass is 32.2. The van der Waals surface area contributed by atoms with Crippen molar-refractivity contribution in [1.29, 1.82) is 0 Å².